The number of hydrogen-bond donors (Lipinski definition) is 2. The molecular weight excluding hydrogens is 290 g/mol. The van der Waals surface area contributed by atoms with Crippen LogP contribution in [0.5, 0.6) is 0 Å². The second kappa shape index (κ2) is 5.76. The first kappa shape index (κ1) is 15.1. The maximum absolute atomic E-state index is 11.7. The summed E-state index contributed by atoms with van der Waals surface area (Å²) in [6, 6.07) is 9.82. The number of nitrogens with zero attached hydrogens (tertiary/aromatic N) is 1. The van der Waals surface area contributed by atoms with Gasteiger partial charge in [-0.25, -0.2) is 4.79 Å². The van der Waals surface area contributed by atoms with Crippen LogP contribution in [-0.2, 0) is 11.2 Å². The van der Waals surface area contributed by atoms with Gasteiger partial charge in [-0.2, -0.15) is 0 Å². The molecule has 1 aliphatic rings. The molecule has 2 heterocycles. The summed E-state index contributed by atoms with van der Waals surface area (Å²) in [5, 5.41) is 4.74. The lowest BCUT2D eigenvalue weighted by atomic mass is 10.1. The van der Waals surface area contributed by atoms with Crippen LogP contribution in [-0.4, -0.2) is 16.5 Å². The van der Waals surface area contributed by atoms with E-state index in [0.29, 0.717) is 0 Å². The van der Waals surface area contributed by atoms with Crippen molar-refractivity contribution in [2.45, 2.75) is 27.2 Å². The minimum Gasteiger partial charge on any atom is -0.318 e. The standard InChI is InChI=1S/C18H19N3O2/c1-4-13-7-5-6-8-16(13)21-11(2)9-14(12(21)3)10-15-17(22)20-18(23)19-15/h5-10H,4H2,1-3H3,(H2,19,20,22,23)/b15-10+. The molecule has 23 heavy (non-hydrogen) atoms. The fourth-order valence-electron chi connectivity index (χ4n) is 2.97. The molecule has 1 aromatic carbocycles. The first-order valence-corrected chi connectivity index (χ1v) is 7.62. The zero-order valence-corrected chi connectivity index (χ0v) is 13.4. The Balaban J connectivity index is 2.09. The summed E-state index contributed by atoms with van der Waals surface area (Å²) in [6.07, 6.45) is 2.66. The van der Waals surface area contributed by atoms with Crippen molar-refractivity contribution in [3.8, 4) is 5.69 Å². The molecule has 1 fully saturated rings. The largest absolute Gasteiger partial charge is 0.326 e. The molecule has 0 saturated carbocycles. The molecule has 0 atom stereocenters. The highest BCUT2D eigenvalue weighted by atomic mass is 16.2. The number of imide groups is 1. The van der Waals surface area contributed by atoms with E-state index in [1.54, 1.807) is 6.08 Å². The van der Waals surface area contributed by atoms with Crippen molar-refractivity contribution in [1.82, 2.24) is 15.2 Å². The van der Waals surface area contributed by atoms with Gasteiger partial charge in [-0.1, -0.05) is 25.1 Å². The Morgan fingerprint density at radius 2 is 1.87 bits per heavy atom. The van der Waals surface area contributed by atoms with Gasteiger partial charge in [0, 0.05) is 17.1 Å². The number of carbonyl (C=O) groups excluding carboxylic acids is 2. The first-order valence-electron chi connectivity index (χ1n) is 7.62. The third kappa shape index (κ3) is 2.65. The highest BCUT2D eigenvalue weighted by Crippen LogP contribution is 2.25. The van der Waals surface area contributed by atoms with E-state index in [1.807, 2.05) is 32.0 Å². The van der Waals surface area contributed by atoms with E-state index >= 15 is 0 Å². The minimum atomic E-state index is -0.480. The van der Waals surface area contributed by atoms with Crippen LogP contribution >= 0.6 is 0 Å². The molecule has 2 N–H and O–H groups in total. The number of aromatic nitrogens is 1. The summed E-state index contributed by atoms with van der Waals surface area (Å²) in [5.41, 5.74) is 5.72. The number of aryl methyl sites for hydroxylation is 2. The van der Waals surface area contributed by atoms with Crippen LogP contribution in [0.25, 0.3) is 11.8 Å². The van der Waals surface area contributed by atoms with Gasteiger partial charge < -0.3 is 9.88 Å². The second-order valence-corrected chi connectivity index (χ2v) is 5.61. The molecule has 0 aliphatic carbocycles. The van der Waals surface area contributed by atoms with Gasteiger partial charge in [0.05, 0.1) is 0 Å². The van der Waals surface area contributed by atoms with Crippen molar-refractivity contribution in [2.75, 3.05) is 0 Å². The van der Waals surface area contributed by atoms with Crippen molar-refractivity contribution < 1.29 is 9.59 Å². The fourth-order valence-corrected chi connectivity index (χ4v) is 2.97. The number of hydrogen-bond acceptors (Lipinski definition) is 2. The van der Waals surface area contributed by atoms with Crippen molar-refractivity contribution in [2.24, 2.45) is 0 Å². The summed E-state index contributed by atoms with van der Waals surface area (Å²) in [4.78, 5) is 22.9. The summed E-state index contributed by atoms with van der Waals surface area (Å²) in [5.74, 6) is -0.395. The topological polar surface area (TPSA) is 63.1 Å². The van der Waals surface area contributed by atoms with Gasteiger partial charge in [-0.3, -0.25) is 10.1 Å². The smallest absolute Gasteiger partial charge is 0.318 e. The highest BCUT2D eigenvalue weighted by molar-refractivity contribution is 6.14. The molecule has 0 spiro atoms. The Hall–Kier alpha value is -2.82. The Labute approximate surface area is 135 Å². The lowest BCUT2D eigenvalue weighted by Crippen LogP contribution is -2.22. The van der Waals surface area contributed by atoms with Crippen LogP contribution in [0.15, 0.2) is 36.0 Å². The summed E-state index contributed by atoms with van der Waals surface area (Å²) >= 11 is 0. The third-order valence-corrected chi connectivity index (χ3v) is 4.10. The molecule has 118 valence electrons. The van der Waals surface area contributed by atoms with Crippen molar-refractivity contribution in [3.63, 3.8) is 0 Å². The van der Waals surface area contributed by atoms with Gasteiger partial charge in [0.25, 0.3) is 5.91 Å². The van der Waals surface area contributed by atoms with E-state index in [9.17, 15) is 9.59 Å². The van der Waals surface area contributed by atoms with Crippen LogP contribution in [0.3, 0.4) is 0 Å². The predicted octanol–water partition coefficient (Wildman–Crippen LogP) is 2.84. The van der Waals surface area contributed by atoms with Gasteiger partial charge in [0.2, 0.25) is 0 Å². The first-order chi connectivity index (χ1) is 11.0. The molecule has 2 aromatic rings. The monoisotopic (exact) mass is 309 g/mol. The maximum atomic E-state index is 11.7. The number of urea groups is 1. The molecule has 0 bridgehead atoms. The van der Waals surface area contributed by atoms with Crippen LogP contribution in [0.2, 0.25) is 0 Å². The van der Waals surface area contributed by atoms with E-state index in [0.717, 1.165) is 29.1 Å². The quantitative estimate of drug-likeness (QED) is 0.676. The third-order valence-electron chi connectivity index (χ3n) is 4.10. The normalized spacial score (nSPS) is 15.9. The van der Waals surface area contributed by atoms with E-state index in [2.05, 4.69) is 34.3 Å². The summed E-state index contributed by atoms with van der Waals surface area (Å²) in [6.45, 7) is 6.18. The lowest BCUT2D eigenvalue weighted by molar-refractivity contribution is -0.115. The average Bonchev–Trinajstić information content (AvgIpc) is 2.98. The van der Waals surface area contributed by atoms with E-state index in [1.165, 1.54) is 5.56 Å². The highest BCUT2D eigenvalue weighted by Gasteiger charge is 2.23. The Morgan fingerprint density at radius 1 is 1.13 bits per heavy atom. The van der Waals surface area contributed by atoms with Gasteiger partial charge in [0.15, 0.2) is 0 Å². The molecule has 1 aliphatic heterocycles. The van der Waals surface area contributed by atoms with E-state index in [4.69, 9.17) is 0 Å². The molecule has 5 heteroatoms. The zero-order chi connectivity index (χ0) is 16.6. The summed E-state index contributed by atoms with van der Waals surface area (Å²) in [7, 11) is 0. The lowest BCUT2D eigenvalue weighted by Gasteiger charge is -2.14. The fraction of sp³-hybridized carbons (Fsp3) is 0.222. The predicted molar refractivity (Wildman–Crippen MR) is 89.3 cm³/mol. The van der Waals surface area contributed by atoms with Crippen molar-refractivity contribution in [3.05, 3.63) is 58.5 Å². The SMILES string of the molecule is CCc1ccccc1-n1c(C)cc(/C=C2/NC(=O)NC2=O)c1C. The van der Waals surface area contributed by atoms with Crippen LogP contribution < -0.4 is 10.6 Å². The van der Waals surface area contributed by atoms with Crippen molar-refractivity contribution >= 4 is 18.0 Å². The number of nitrogens with one attached hydrogen (secondary N) is 2. The molecule has 3 amide bonds. The van der Waals surface area contributed by atoms with Crippen LogP contribution in [0.1, 0.15) is 29.4 Å². The number of para-hydroxylation sites is 1. The van der Waals surface area contributed by atoms with Crippen LogP contribution in [0.4, 0.5) is 4.79 Å². The average molecular weight is 309 g/mol. The Morgan fingerprint density at radius 3 is 2.52 bits per heavy atom. The second-order valence-electron chi connectivity index (χ2n) is 5.61. The maximum Gasteiger partial charge on any atom is 0.326 e. The zero-order valence-electron chi connectivity index (χ0n) is 13.4. The molecule has 1 aromatic heterocycles. The Bertz CT molecular complexity index is 831. The molecule has 0 radical (unpaired) electrons. The van der Waals surface area contributed by atoms with Crippen molar-refractivity contribution in [1.29, 1.82) is 0 Å². The van der Waals surface area contributed by atoms with E-state index in [-0.39, 0.29) is 5.70 Å². The molecule has 0 unspecified atom stereocenters. The van der Waals surface area contributed by atoms with Gasteiger partial charge in [-0.05, 0) is 49.6 Å². The molecular formula is C18H19N3O2. The number of carbonyl (C=O) groups is 2. The molecule has 5 nitrogen and oxygen atoms in total. The van der Waals surface area contributed by atoms with Gasteiger partial charge in [0.1, 0.15) is 5.70 Å². The van der Waals surface area contributed by atoms with Crippen LogP contribution in [0, 0.1) is 13.8 Å². The molecule has 1 saturated heterocycles. The van der Waals surface area contributed by atoms with E-state index < -0.39 is 11.9 Å². The molecule has 3 rings (SSSR count). The van der Waals surface area contributed by atoms with Gasteiger partial charge >= 0.3 is 6.03 Å². The Kier molecular flexibility index (Phi) is 3.78. The minimum absolute atomic E-state index is 0.277. The summed E-state index contributed by atoms with van der Waals surface area (Å²) < 4.78 is 2.18. The number of rotatable bonds is 3. The van der Waals surface area contributed by atoms with Gasteiger partial charge in [-0.15, -0.1) is 0 Å². The number of benzene rings is 1. The number of amides is 3.